The van der Waals surface area contributed by atoms with Crippen molar-refractivity contribution in [2.24, 2.45) is 5.41 Å². The molecule has 136 valence electrons. The average Bonchev–Trinajstić information content (AvgIpc) is 2.92. The molecule has 6 heteroatoms. The molecule has 1 aromatic heterocycles. The molecule has 0 spiro atoms. The number of aliphatic carboxylic acids is 1. The van der Waals surface area contributed by atoms with E-state index in [2.05, 4.69) is 0 Å². The molecule has 1 heterocycles. The van der Waals surface area contributed by atoms with Gasteiger partial charge < -0.3 is 14.4 Å². The Kier molecular flexibility index (Phi) is 4.92. The van der Waals surface area contributed by atoms with Crippen molar-refractivity contribution in [3.63, 3.8) is 0 Å². The zero-order chi connectivity index (χ0) is 18.9. The number of nitrogens with zero attached hydrogens (tertiary/aromatic N) is 2. The predicted octanol–water partition coefficient (Wildman–Crippen LogP) is 4.40. The van der Waals surface area contributed by atoms with Gasteiger partial charge in [-0.25, -0.2) is 4.98 Å². The molecule has 0 saturated heterocycles. The van der Waals surface area contributed by atoms with E-state index in [1.54, 1.807) is 21.0 Å². The van der Waals surface area contributed by atoms with Gasteiger partial charge in [0.1, 0.15) is 11.6 Å². The van der Waals surface area contributed by atoms with Crippen molar-refractivity contribution in [3.8, 4) is 5.75 Å². The summed E-state index contributed by atoms with van der Waals surface area (Å²) in [7, 11) is 1.61. The number of carboxylic acids is 1. The van der Waals surface area contributed by atoms with Crippen molar-refractivity contribution in [2.75, 3.05) is 7.11 Å². The molecular formula is C20H21ClN2O3. The van der Waals surface area contributed by atoms with Crippen LogP contribution in [0.1, 0.15) is 25.2 Å². The first kappa shape index (κ1) is 18.3. The van der Waals surface area contributed by atoms with E-state index in [4.69, 9.17) is 21.3 Å². The zero-order valence-corrected chi connectivity index (χ0v) is 15.7. The number of carboxylic acid groups (broad SMARTS) is 1. The maximum Gasteiger partial charge on any atom is 0.309 e. The van der Waals surface area contributed by atoms with Crippen molar-refractivity contribution in [2.45, 2.75) is 26.8 Å². The number of hydrogen-bond donors (Lipinski definition) is 1. The van der Waals surface area contributed by atoms with Crippen molar-refractivity contribution in [1.29, 1.82) is 0 Å². The lowest BCUT2D eigenvalue weighted by molar-refractivity contribution is -0.146. The van der Waals surface area contributed by atoms with Crippen LogP contribution in [-0.4, -0.2) is 27.7 Å². The van der Waals surface area contributed by atoms with Crippen LogP contribution in [0.3, 0.4) is 0 Å². The second-order valence-corrected chi connectivity index (χ2v) is 7.33. The molecule has 0 atom stereocenters. The van der Waals surface area contributed by atoms with Gasteiger partial charge in [0.15, 0.2) is 0 Å². The number of methoxy groups -OCH3 is 1. The number of carbonyl (C=O) groups is 1. The van der Waals surface area contributed by atoms with Gasteiger partial charge in [-0.3, -0.25) is 4.79 Å². The third kappa shape index (κ3) is 3.53. The number of halogens is 1. The summed E-state index contributed by atoms with van der Waals surface area (Å²) in [4.78, 5) is 16.3. The van der Waals surface area contributed by atoms with E-state index in [0.717, 1.165) is 16.6 Å². The molecule has 0 fully saturated rings. The van der Waals surface area contributed by atoms with Crippen LogP contribution in [0, 0.1) is 5.41 Å². The van der Waals surface area contributed by atoms with Crippen LogP contribution in [0.4, 0.5) is 0 Å². The summed E-state index contributed by atoms with van der Waals surface area (Å²) in [6, 6.07) is 13.3. The van der Waals surface area contributed by atoms with Gasteiger partial charge in [-0.1, -0.05) is 29.8 Å². The molecule has 2 aromatic carbocycles. The van der Waals surface area contributed by atoms with Crippen LogP contribution in [0.2, 0.25) is 5.02 Å². The Morgan fingerprint density at radius 2 is 2.00 bits per heavy atom. The van der Waals surface area contributed by atoms with Crippen molar-refractivity contribution < 1.29 is 14.6 Å². The molecule has 3 rings (SSSR count). The lowest BCUT2D eigenvalue weighted by Crippen LogP contribution is -2.27. The number of rotatable bonds is 6. The van der Waals surface area contributed by atoms with Gasteiger partial charge in [0.2, 0.25) is 0 Å². The third-order valence-corrected chi connectivity index (χ3v) is 4.87. The molecule has 1 N–H and O–H groups in total. The maximum absolute atomic E-state index is 11.6. The monoisotopic (exact) mass is 372 g/mol. The Hall–Kier alpha value is -2.53. The van der Waals surface area contributed by atoms with Crippen LogP contribution in [0.5, 0.6) is 5.75 Å². The number of ether oxygens (including phenoxy) is 1. The SMILES string of the molecule is COc1ccc2c(c1)nc(CC(C)(C)C(=O)O)n2Cc1ccccc1Cl. The first-order valence-electron chi connectivity index (χ1n) is 8.32. The van der Waals surface area contributed by atoms with Gasteiger partial charge in [0, 0.05) is 17.5 Å². The highest BCUT2D eigenvalue weighted by atomic mass is 35.5. The van der Waals surface area contributed by atoms with E-state index in [1.807, 2.05) is 47.0 Å². The molecule has 0 aliphatic rings. The topological polar surface area (TPSA) is 64.3 Å². The first-order chi connectivity index (χ1) is 12.3. The van der Waals surface area contributed by atoms with Crippen LogP contribution in [0.25, 0.3) is 11.0 Å². The minimum absolute atomic E-state index is 0.309. The summed E-state index contributed by atoms with van der Waals surface area (Å²) in [5, 5.41) is 10.2. The molecule has 0 aliphatic heterocycles. The number of benzene rings is 2. The van der Waals surface area contributed by atoms with Gasteiger partial charge in [-0.15, -0.1) is 0 Å². The Labute approximate surface area is 157 Å². The van der Waals surface area contributed by atoms with Gasteiger partial charge >= 0.3 is 5.97 Å². The highest BCUT2D eigenvalue weighted by molar-refractivity contribution is 6.31. The number of hydrogen-bond acceptors (Lipinski definition) is 3. The lowest BCUT2D eigenvalue weighted by Gasteiger charge is -2.19. The minimum Gasteiger partial charge on any atom is -0.497 e. The van der Waals surface area contributed by atoms with Crippen molar-refractivity contribution in [3.05, 3.63) is 58.9 Å². The summed E-state index contributed by atoms with van der Waals surface area (Å²) in [6.45, 7) is 3.93. The zero-order valence-electron chi connectivity index (χ0n) is 15.0. The quantitative estimate of drug-likeness (QED) is 0.696. The van der Waals surface area contributed by atoms with E-state index in [0.29, 0.717) is 29.6 Å². The highest BCUT2D eigenvalue weighted by Gasteiger charge is 2.30. The summed E-state index contributed by atoms with van der Waals surface area (Å²) in [6.07, 6.45) is 0.309. The minimum atomic E-state index is -0.927. The number of imidazole rings is 1. The van der Waals surface area contributed by atoms with Crippen LogP contribution in [0.15, 0.2) is 42.5 Å². The van der Waals surface area contributed by atoms with Crippen LogP contribution >= 0.6 is 11.6 Å². The molecule has 0 aliphatic carbocycles. The average molecular weight is 373 g/mol. The molecule has 0 saturated carbocycles. The van der Waals surface area contributed by atoms with E-state index in [9.17, 15) is 9.90 Å². The van der Waals surface area contributed by atoms with E-state index >= 15 is 0 Å². The Morgan fingerprint density at radius 1 is 1.27 bits per heavy atom. The Bertz CT molecular complexity index is 963. The number of aromatic nitrogens is 2. The molecule has 5 nitrogen and oxygen atoms in total. The van der Waals surface area contributed by atoms with Gasteiger partial charge in [-0.2, -0.15) is 0 Å². The van der Waals surface area contributed by atoms with Gasteiger partial charge in [0.25, 0.3) is 0 Å². The maximum atomic E-state index is 11.6. The fourth-order valence-corrected chi connectivity index (χ4v) is 3.06. The molecule has 0 unspecified atom stereocenters. The number of fused-ring (bicyclic) bond motifs is 1. The van der Waals surface area contributed by atoms with E-state index in [1.165, 1.54) is 0 Å². The van der Waals surface area contributed by atoms with E-state index in [-0.39, 0.29) is 0 Å². The van der Waals surface area contributed by atoms with Gasteiger partial charge in [0.05, 0.1) is 30.1 Å². The summed E-state index contributed by atoms with van der Waals surface area (Å²) < 4.78 is 7.31. The van der Waals surface area contributed by atoms with Crippen LogP contribution < -0.4 is 4.74 Å². The normalized spacial score (nSPS) is 11.7. The van der Waals surface area contributed by atoms with E-state index < -0.39 is 11.4 Å². The fraction of sp³-hybridized carbons (Fsp3) is 0.300. The van der Waals surface area contributed by atoms with Crippen molar-refractivity contribution >= 4 is 28.6 Å². The molecule has 0 radical (unpaired) electrons. The lowest BCUT2D eigenvalue weighted by atomic mass is 9.89. The second kappa shape index (κ2) is 7.00. The molecule has 3 aromatic rings. The summed E-state index contributed by atoms with van der Waals surface area (Å²) in [5.41, 5.74) is 1.72. The molecule has 0 amide bonds. The smallest absolute Gasteiger partial charge is 0.309 e. The standard InChI is InChI=1S/C20H21ClN2O3/c1-20(2,19(24)25)11-18-22-16-10-14(26-3)8-9-17(16)23(18)12-13-6-4-5-7-15(13)21/h4-10H,11-12H2,1-3H3,(H,24,25). The first-order valence-corrected chi connectivity index (χ1v) is 8.69. The second-order valence-electron chi connectivity index (χ2n) is 6.93. The fourth-order valence-electron chi connectivity index (χ4n) is 2.87. The summed E-state index contributed by atoms with van der Waals surface area (Å²) in [5.74, 6) is 0.566. The largest absolute Gasteiger partial charge is 0.497 e. The van der Waals surface area contributed by atoms with Crippen LogP contribution in [-0.2, 0) is 17.8 Å². The highest BCUT2D eigenvalue weighted by Crippen LogP contribution is 2.28. The molecule has 0 bridgehead atoms. The van der Waals surface area contributed by atoms with Crippen molar-refractivity contribution in [1.82, 2.24) is 9.55 Å². The molecule has 26 heavy (non-hydrogen) atoms. The Balaban J connectivity index is 2.12. The molecular weight excluding hydrogens is 352 g/mol. The van der Waals surface area contributed by atoms with Gasteiger partial charge in [-0.05, 0) is 37.6 Å². The third-order valence-electron chi connectivity index (χ3n) is 4.50. The summed E-state index contributed by atoms with van der Waals surface area (Å²) >= 11 is 6.33. The predicted molar refractivity (Wildman–Crippen MR) is 102 cm³/mol. The Morgan fingerprint density at radius 3 is 2.65 bits per heavy atom.